The Balaban J connectivity index is 0.914. The van der Waals surface area contributed by atoms with Crippen molar-refractivity contribution in [2.45, 2.75) is 62.8 Å². The minimum atomic E-state index is -4.52. The number of amides is 2. The van der Waals surface area contributed by atoms with Gasteiger partial charge in [-0.3, -0.25) is 14.9 Å². The highest BCUT2D eigenvalue weighted by Crippen LogP contribution is 2.38. The van der Waals surface area contributed by atoms with Crippen molar-refractivity contribution in [3.05, 3.63) is 90.0 Å². The molecule has 1 unspecified atom stereocenters. The minimum Gasteiger partial charge on any atom is -0.481 e. The molecule has 0 spiro atoms. The lowest BCUT2D eigenvalue weighted by molar-refractivity contribution is -0.139. The predicted octanol–water partition coefficient (Wildman–Crippen LogP) is 6.44. The number of aromatic nitrogens is 2. The van der Waals surface area contributed by atoms with Gasteiger partial charge in [0.25, 0.3) is 5.91 Å². The Bertz CT molecular complexity index is 1830. The summed E-state index contributed by atoms with van der Waals surface area (Å²) in [6, 6.07) is 23.4. The standard InChI is InChI=1S/C38H39F3N6O3/c39-38(40,41)32-4-2-1-3-30(32)33-23-31(36(42)45-44-33)26-5-9-27(10-6-26)47-21-17-28(18-22-47)46-19-15-25(16-20-46)24-7-11-29(12-8-24)50-34-13-14-35(48)43-37(34)49/h1-12,23,25,28,34H,13-22H2,(H2,42,45)(H,43,48,49). The van der Waals surface area contributed by atoms with E-state index in [0.29, 0.717) is 36.1 Å². The largest absolute Gasteiger partial charge is 0.481 e. The molecule has 3 N–H and O–H groups in total. The van der Waals surface area contributed by atoms with Crippen LogP contribution in [0.15, 0.2) is 78.9 Å². The first-order chi connectivity index (χ1) is 24.1. The third kappa shape index (κ3) is 7.30. The third-order valence-corrected chi connectivity index (χ3v) is 10.2. The molecule has 50 heavy (non-hydrogen) atoms. The summed E-state index contributed by atoms with van der Waals surface area (Å²) in [5.74, 6) is 0.651. The quantitative estimate of drug-likeness (QED) is 0.214. The van der Waals surface area contributed by atoms with Crippen LogP contribution in [0, 0.1) is 0 Å². The molecule has 260 valence electrons. The van der Waals surface area contributed by atoms with Crippen molar-refractivity contribution >= 4 is 23.3 Å². The van der Waals surface area contributed by atoms with Crippen LogP contribution in [0.25, 0.3) is 22.4 Å². The number of anilines is 2. The van der Waals surface area contributed by atoms with E-state index in [1.807, 2.05) is 36.4 Å². The zero-order valence-corrected chi connectivity index (χ0v) is 27.5. The number of imide groups is 1. The molecule has 3 aliphatic rings. The van der Waals surface area contributed by atoms with Crippen molar-refractivity contribution in [3.8, 4) is 28.1 Å². The lowest BCUT2D eigenvalue weighted by Crippen LogP contribution is -2.47. The highest BCUT2D eigenvalue weighted by atomic mass is 19.4. The van der Waals surface area contributed by atoms with E-state index in [1.54, 1.807) is 12.1 Å². The van der Waals surface area contributed by atoms with Crippen molar-refractivity contribution in [3.63, 3.8) is 0 Å². The Morgan fingerprint density at radius 2 is 1.50 bits per heavy atom. The maximum atomic E-state index is 13.7. The molecule has 1 atom stereocenters. The van der Waals surface area contributed by atoms with E-state index in [1.165, 1.54) is 17.7 Å². The van der Waals surface area contributed by atoms with Gasteiger partial charge in [0, 0.05) is 48.8 Å². The average Bonchev–Trinajstić information content (AvgIpc) is 3.13. The number of alkyl halides is 3. The van der Waals surface area contributed by atoms with Crippen LogP contribution >= 0.6 is 0 Å². The van der Waals surface area contributed by atoms with E-state index in [0.717, 1.165) is 69.2 Å². The molecule has 3 aliphatic heterocycles. The van der Waals surface area contributed by atoms with Crippen LogP contribution in [-0.2, 0) is 15.8 Å². The van der Waals surface area contributed by atoms with Gasteiger partial charge in [-0.2, -0.15) is 13.2 Å². The first-order valence-corrected chi connectivity index (χ1v) is 17.1. The number of likely N-dealkylation sites (tertiary alicyclic amines) is 1. The van der Waals surface area contributed by atoms with E-state index in [2.05, 4.69) is 37.4 Å². The number of nitrogens with two attached hydrogens (primary N) is 1. The number of hydrogen-bond donors (Lipinski definition) is 2. The van der Waals surface area contributed by atoms with Crippen LogP contribution in [0.2, 0.25) is 0 Å². The van der Waals surface area contributed by atoms with Crippen molar-refractivity contribution in [2.24, 2.45) is 0 Å². The molecule has 4 aromatic rings. The number of rotatable bonds is 7. The molecule has 3 fully saturated rings. The maximum absolute atomic E-state index is 13.7. The number of piperidine rings is 3. The number of nitrogen functional groups attached to an aromatic ring is 1. The summed E-state index contributed by atoms with van der Waals surface area (Å²) >= 11 is 0. The molecule has 3 saturated heterocycles. The molecule has 2 amide bonds. The fraction of sp³-hybridized carbons (Fsp3) is 0.368. The summed E-state index contributed by atoms with van der Waals surface area (Å²) in [6.07, 6.45) is -0.143. The van der Waals surface area contributed by atoms with Gasteiger partial charge in [-0.15, -0.1) is 10.2 Å². The Morgan fingerprint density at radius 3 is 2.18 bits per heavy atom. The molecule has 0 saturated carbocycles. The van der Waals surface area contributed by atoms with E-state index >= 15 is 0 Å². The zero-order valence-electron chi connectivity index (χ0n) is 27.5. The molecule has 3 aromatic carbocycles. The monoisotopic (exact) mass is 684 g/mol. The number of ether oxygens (including phenoxy) is 1. The summed E-state index contributed by atoms with van der Waals surface area (Å²) in [5, 5.41) is 10.3. The number of halogens is 3. The van der Waals surface area contributed by atoms with Crippen LogP contribution < -0.4 is 20.7 Å². The molecular weight excluding hydrogens is 645 g/mol. The lowest BCUT2D eigenvalue weighted by Gasteiger charge is -2.42. The van der Waals surface area contributed by atoms with Crippen LogP contribution in [-0.4, -0.2) is 65.2 Å². The number of benzene rings is 3. The third-order valence-electron chi connectivity index (χ3n) is 10.2. The van der Waals surface area contributed by atoms with Gasteiger partial charge < -0.3 is 20.3 Å². The molecular formula is C38H39F3N6O3. The number of carbonyl (C=O) groups excluding carboxylic acids is 2. The van der Waals surface area contributed by atoms with Gasteiger partial charge in [-0.05, 0) is 92.2 Å². The molecule has 7 rings (SSSR count). The van der Waals surface area contributed by atoms with E-state index in [9.17, 15) is 22.8 Å². The number of carbonyl (C=O) groups is 2. The molecule has 1 aromatic heterocycles. The molecule has 0 bridgehead atoms. The zero-order chi connectivity index (χ0) is 34.8. The van der Waals surface area contributed by atoms with Crippen molar-refractivity contribution in [1.82, 2.24) is 20.4 Å². The van der Waals surface area contributed by atoms with Gasteiger partial charge >= 0.3 is 6.18 Å². The van der Waals surface area contributed by atoms with Gasteiger partial charge in [-0.25, -0.2) is 0 Å². The molecule has 0 aliphatic carbocycles. The Morgan fingerprint density at radius 1 is 0.800 bits per heavy atom. The lowest BCUT2D eigenvalue weighted by atomic mass is 9.88. The highest BCUT2D eigenvalue weighted by Gasteiger charge is 2.34. The predicted molar refractivity (Wildman–Crippen MR) is 184 cm³/mol. The number of hydrogen-bond acceptors (Lipinski definition) is 8. The van der Waals surface area contributed by atoms with Crippen LogP contribution in [0.4, 0.5) is 24.7 Å². The molecule has 0 radical (unpaired) electrons. The molecule has 4 heterocycles. The fourth-order valence-electron chi connectivity index (χ4n) is 7.43. The Labute approximate surface area is 288 Å². The smallest absolute Gasteiger partial charge is 0.417 e. The molecule has 9 nitrogen and oxygen atoms in total. The van der Waals surface area contributed by atoms with Crippen LogP contribution in [0.5, 0.6) is 5.75 Å². The van der Waals surface area contributed by atoms with Crippen molar-refractivity contribution < 1.29 is 27.5 Å². The van der Waals surface area contributed by atoms with Gasteiger partial charge in [0.15, 0.2) is 11.9 Å². The summed E-state index contributed by atoms with van der Waals surface area (Å²) in [5.41, 5.74) is 9.14. The van der Waals surface area contributed by atoms with E-state index in [4.69, 9.17) is 10.5 Å². The van der Waals surface area contributed by atoms with E-state index in [-0.39, 0.29) is 28.9 Å². The summed E-state index contributed by atoms with van der Waals surface area (Å²) in [7, 11) is 0. The van der Waals surface area contributed by atoms with Crippen molar-refractivity contribution in [1.29, 1.82) is 0 Å². The average molecular weight is 685 g/mol. The minimum absolute atomic E-state index is 0.0368. The van der Waals surface area contributed by atoms with Gasteiger partial charge in [0.05, 0.1) is 11.3 Å². The first-order valence-electron chi connectivity index (χ1n) is 17.1. The number of nitrogens with zero attached hydrogens (tertiary/aromatic N) is 4. The highest BCUT2D eigenvalue weighted by molar-refractivity contribution is 5.99. The van der Waals surface area contributed by atoms with Gasteiger partial charge in [-0.1, -0.05) is 42.5 Å². The topological polar surface area (TPSA) is 114 Å². The maximum Gasteiger partial charge on any atom is 0.417 e. The summed E-state index contributed by atoms with van der Waals surface area (Å²) in [4.78, 5) is 28.4. The SMILES string of the molecule is Nc1nnc(-c2ccccc2C(F)(F)F)cc1-c1ccc(N2CCC(N3CCC(c4ccc(OC5CCC(=O)NC5=O)cc4)CC3)CC2)cc1. The van der Waals surface area contributed by atoms with Crippen LogP contribution in [0.3, 0.4) is 0 Å². The Kier molecular flexibility index (Phi) is 9.46. The summed E-state index contributed by atoms with van der Waals surface area (Å²) in [6.45, 7) is 3.98. The second kappa shape index (κ2) is 14.1. The molecule has 12 heteroatoms. The van der Waals surface area contributed by atoms with Gasteiger partial charge in [0.1, 0.15) is 5.75 Å². The van der Waals surface area contributed by atoms with Crippen molar-refractivity contribution in [2.75, 3.05) is 36.8 Å². The van der Waals surface area contributed by atoms with Gasteiger partial charge in [0.2, 0.25) is 5.91 Å². The second-order valence-electron chi connectivity index (χ2n) is 13.3. The Hall–Kier alpha value is -4.97. The summed E-state index contributed by atoms with van der Waals surface area (Å²) < 4.78 is 46.8. The first kappa shape index (κ1) is 33.5. The van der Waals surface area contributed by atoms with E-state index < -0.39 is 17.8 Å². The fourth-order valence-corrected chi connectivity index (χ4v) is 7.43. The van der Waals surface area contributed by atoms with Crippen LogP contribution in [0.1, 0.15) is 55.6 Å². The second-order valence-corrected chi connectivity index (χ2v) is 13.3. The number of nitrogens with one attached hydrogen (secondary N) is 1. The normalized spacial score (nSPS) is 19.7.